The van der Waals surface area contributed by atoms with Crippen LogP contribution in [0, 0.1) is 25.5 Å². The lowest BCUT2D eigenvalue weighted by Gasteiger charge is -2.37. The Kier molecular flexibility index (Phi) is 4.62. The molecule has 0 saturated carbocycles. The molecular weight excluding hydrogens is 408 g/mol. The summed E-state index contributed by atoms with van der Waals surface area (Å²) in [4.78, 5) is 29.5. The maximum atomic E-state index is 13.7. The van der Waals surface area contributed by atoms with Crippen LogP contribution in [-0.2, 0) is 9.53 Å². The highest BCUT2D eigenvalue weighted by Gasteiger charge is 2.58. The Hall–Kier alpha value is -2.81. The zero-order valence-electron chi connectivity index (χ0n) is 17.4. The lowest BCUT2D eigenvalue weighted by molar-refractivity contribution is -0.142. The van der Waals surface area contributed by atoms with Crippen molar-refractivity contribution < 1.29 is 27.6 Å². The molecule has 2 atom stereocenters. The lowest BCUT2D eigenvalue weighted by atomic mass is 9.89. The van der Waals surface area contributed by atoms with Gasteiger partial charge in [-0.1, -0.05) is 5.16 Å². The Morgan fingerprint density at radius 2 is 1.81 bits per heavy atom. The van der Waals surface area contributed by atoms with Crippen LogP contribution >= 0.6 is 0 Å². The molecule has 1 spiro atoms. The van der Waals surface area contributed by atoms with Gasteiger partial charge in [0.25, 0.3) is 11.8 Å². The smallest absolute Gasteiger partial charge is 0.276 e. The van der Waals surface area contributed by atoms with Gasteiger partial charge >= 0.3 is 0 Å². The fourth-order valence-corrected chi connectivity index (χ4v) is 4.98. The molecule has 0 aliphatic carbocycles. The average molecular weight is 431 g/mol. The van der Waals surface area contributed by atoms with Crippen molar-refractivity contribution in [1.29, 1.82) is 0 Å². The van der Waals surface area contributed by atoms with Crippen LogP contribution in [0.3, 0.4) is 0 Å². The average Bonchev–Trinajstić information content (AvgIpc) is 3.37. The van der Waals surface area contributed by atoms with Crippen LogP contribution in [0.4, 0.5) is 8.78 Å². The second-order valence-electron chi connectivity index (χ2n) is 8.58. The molecule has 31 heavy (non-hydrogen) atoms. The zero-order valence-corrected chi connectivity index (χ0v) is 17.4. The topological polar surface area (TPSA) is 75.9 Å². The third-order valence-corrected chi connectivity index (χ3v) is 6.81. The second-order valence-corrected chi connectivity index (χ2v) is 8.58. The van der Waals surface area contributed by atoms with E-state index >= 15 is 0 Å². The Balaban J connectivity index is 1.32. The second kappa shape index (κ2) is 7.12. The Morgan fingerprint density at radius 1 is 1.13 bits per heavy atom. The molecule has 2 amide bonds. The summed E-state index contributed by atoms with van der Waals surface area (Å²) in [6.45, 7) is 4.26. The highest BCUT2D eigenvalue weighted by atomic mass is 19.1. The van der Waals surface area contributed by atoms with Gasteiger partial charge in [-0.15, -0.1) is 0 Å². The molecule has 2 aromatic rings. The first kappa shape index (κ1) is 20.1. The largest absolute Gasteiger partial charge is 0.361 e. The first-order valence-corrected chi connectivity index (χ1v) is 10.5. The standard InChI is InChI=1S/C22H23F2N3O4/c1-12-13(2)31-25-19(12)20(28)26-7-5-22(6-8-26)21(29)27-17(3-4-18(27)30-22)14-9-15(23)11-16(24)10-14/h9-11,17-18H,3-8H2,1-2H3/t17-,18+/m0/s1. The van der Waals surface area contributed by atoms with E-state index in [1.807, 2.05) is 0 Å². The van der Waals surface area contributed by atoms with Gasteiger partial charge in [-0.25, -0.2) is 8.78 Å². The Morgan fingerprint density at radius 3 is 2.42 bits per heavy atom. The summed E-state index contributed by atoms with van der Waals surface area (Å²) in [6, 6.07) is 2.96. The number of nitrogens with zero attached hydrogens (tertiary/aromatic N) is 3. The predicted molar refractivity (Wildman–Crippen MR) is 104 cm³/mol. The van der Waals surface area contributed by atoms with Gasteiger partial charge in [0.2, 0.25) is 0 Å². The number of rotatable bonds is 2. The van der Waals surface area contributed by atoms with E-state index in [4.69, 9.17) is 9.26 Å². The van der Waals surface area contributed by atoms with Gasteiger partial charge in [0.15, 0.2) is 11.3 Å². The zero-order chi connectivity index (χ0) is 21.9. The molecule has 3 aliphatic rings. The van der Waals surface area contributed by atoms with Gasteiger partial charge in [0, 0.05) is 37.6 Å². The number of fused-ring (bicyclic) bond motifs is 1. The van der Waals surface area contributed by atoms with E-state index in [2.05, 4.69) is 5.16 Å². The number of halogens is 2. The number of piperidine rings is 1. The molecule has 3 fully saturated rings. The normalized spacial score (nSPS) is 24.8. The van der Waals surface area contributed by atoms with Crippen LogP contribution in [0.15, 0.2) is 22.7 Å². The van der Waals surface area contributed by atoms with Crippen molar-refractivity contribution in [2.24, 2.45) is 0 Å². The third kappa shape index (κ3) is 3.13. The number of amides is 2. The van der Waals surface area contributed by atoms with E-state index in [0.29, 0.717) is 61.4 Å². The number of likely N-dealkylation sites (tertiary alicyclic amines) is 1. The van der Waals surface area contributed by atoms with Crippen LogP contribution in [0.5, 0.6) is 0 Å². The van der Waals surface area contributed by atoms with Crippen molar-refractivity contribution >= 4 is 11.8 Å². The fraction of sp³-hybridized carbons (Fsp3) is 0.500. The van der Waals surface area contributed by atoms with E-state index in [0.717, 1.165) is 6.07 Å². The number of hydrogen-bond donors (Lipinski definition) is 0. The summed E-state index contributed by atoms with van der Waals surface area (Å²) in [5.41, 5.74) is 0.449. The summed E-state index contributed by atoms with van der Waals surface area (Å²) in [5.74, 6) is -1.10. The van der Waals surface area contributed by atoms with E-state index in [1.54, 1.807) is 23.6 Å². The number of carbonyl (C=O) groups excluding carboxylic acids is 2. The number of ether oxygens (including phenoxy) is 1. The van der Waals surface area contributed by atoms with Crippen LogP contribution in [0.1, 0.15) is 59.1 Å². The van der Waals surface area contributed by atoms with Crippen LogP contribution in [0.2, 0.25) is 0 Å². The van der Waals surface area contributed by atoms with Gasteiger partial charge in [0.1, 0.15) is 23.6 Å². The quantitative estimate of drug-likeness (QED) is 0.730. The van der Waals surface area contributed by atoms with Crippen molar-refractivity contribution in [1.82, 2.24) is 15.0 Å². The predicted octanol–water partition coefficient (Wildman–Crippen LogP) is 3.26. The number of hydrogen-bond acceptors (Lipinski definition) is 5. The lowest BCUT2D eigenvalue weighted by Crippen LogP contribution is -2.51. The maximum absolute atomic E-state index is 13.7. The van der Waals surface area contributed by atoms with Crippen molar-refractivity contribution in [3.8, 4) is 0 Å². The highest BCUT2D eigenvalue weighted by molar-refractivity contribution is 5.94. The van der Waals surface area contributed by atoms with Crippen molar-refractivity contribution in [2.75, 3.05) is 13.1 Å². The summed E-state index contributed by atoms with van der Waals surface area (Å²) in [7, 11) is 0. The number of benzene rings is 1. The summed E-state index contributed by atoms with van der Waals surface area (Å²) < 4.78 is 38.8. The molecule has 164 valence electrons. The van der Waals surface area contributed by atoms with E-state index < -0.39 is 29.5 Å². The molecule has 3 saturated heterocycles. The van der Waals surface area contributed by atoms with E-state index in [-0.39, 0.29) is 11.8 Å². The molecule has 0 N–H and O–H groups in total. The monoisotopic (exact) mass is 431 g/mol. The number of carbonyl (C=O) groups is 2. The van der Waals surface area contributed by atoms with Gasteiger partial charge in [-0.3, -0.25) is 9.59 Å². The molecular formula is C22H23F2N3O4. The van der Waals surface area contributed by atoms with Gasteiger partial charge in [0.05, 0.1) is 6.04 Å². The Bertz CT molecular complexity index is 1040. The summed E-state index contributed by atoms with van der Waals surface area (Å²) in [6.07, 6.45) is 1.52. The van der Waals surface area contributed by atoms with Crippen LogP contribution < -0.4 is 0 Å². The van der Waals surface area contributed by atoms with Crippen molar-refractivity contribution in [3.05, 3.63) is 52.4 Å². The van der Waals surface area contributed by atoms with Crippen LogP contribution in [0.25, 0.3) is 0 Å². The SMILES string of the molecule is Cc1onc(C(=O)N2CCC3(CC2)O[C@@H]2CC[C@@H](c4cc(F)cc(F)c4)N2C3=O)c1C. The number of aromatic nitrogens is 1. The molecule has 5 rings (SSSR count). The molecule has 3 aliphatic heterocycles. The molecule has 0 unspecified atom stereocenters. The minimum Gasteiger partial charge on any atom is -0.361 e. The molecule has 7 nitrogen and oxygen atoms in total. The number of aryl methyl sites for hydroxylation is 1. The van der Waals surface area contributed by atoms with Crippen molar-refractivity contribution in [3.63, 3.8) is 0 Å². The third-order valence-electron chi connectivity index (χ3n) is 6.81. The van der Waals surface area contributed by atoms with Crippen LogP contribution in [-0.4, -0.2) is 51.7 Å². The highest BCUT2D eigenvalue weighted by Crippen LogP contribution is 2.47. The van der Waals surface area contributed by atoms with E-state index in [1.165, 1.54) is 12.1 Å². The molecule has 9 heteroatoms. The van der Waals surface area contributed by atoms with Gasteiger partial charge in [-0.05, 0) is 44.4 Å². The maximum Gasteiger partial charge on any atom is 0.276 e. The minimum absolute atomic E-state index is 0.162. The molecule has 1 aromatic heterocycles. The summed E-state index contributed by atoms with van der Waals surface area (Å²) >= 11 is 0. The summed E-state index contributed by atoms with van der Waals surface area (Å²) in [5, 5.41) is 3.86. The van der Waals surface area contributed by atoms with Crippen molar-refractivity contribution in [2.45, 2.75) is 57.4 Å². The first-order valence-electron chi connectivity index (χ1n) is 10.5. The molecule has 0 radical (unpaired) electrons. The molecule has 4 heterocycles. The van der Waals surface area contributed by atoms with E-state index in [9.17, 15) is 18.4 Å². The Labute approximate surface area is 177 Å². The first-order chi connectivity index (χ1) is 14.8. The molecule has 1 aromatic carbocycles. The van der Waals surface area contributed by atoms with Gasteiger partial charge < -0.3 is 19.1 Å². The van der Waals surface area contributed by atoms with Gasteiger partial charge in [-0.2, -0.15) is 0 Å². The fourth-order valence-electron chi connectivity index (χ4n) is 4.98. The minimum atomic E-state index is -0.999. The molecule has 0 bridgehead atoms.